The molecule has 0 bridgehead atoms. The SMILES string of the molecule is COc1ccc(C(=O)N2CC(C)(C)OC(C)(C)C2)cc1Br. The smallest absolute Gasteiger partial charge is 0.254 e. The van der Waals surface area contributed by atoms with Gasteiger partial charge in [-0.2, -0.15) is 0 Å². The lowest BCUT2D eigenvalue weighted by molar-refractivity contribution is -0.171. The molecule has 116 valence electrons. The summed E-state index contributed by atoms with van der Waals surface area (Å²) in [6.07, 6.45) is 0. The number of ether oxygens (including phenoxy) is 2. The van der Waals surface area contributed by atoms with E-state index in [0.717, 1.165) is 4.47 Å². The topological polar surface area (TPSA) is 38.8 Å². The Balaban J connectivity index is 2.25. The molecule has 2 rings (SSSR count). The average Bonchev–Trinajstić information content (AvgIpc) is 2.34. The van der Waals surface area contributed by atoms with Gasteiger partial charge in [0.05, 0.1) is 22.8 Å². The van der Waals surface area contributed by atoms with Crippen LogP contribution in [0.5, 0.6) is 5.75 Å². The first-order chi connectivity index (χ1) is 9.63. The summed E-state index contributed by atoms with van der Waals surface area (Å²) in [6, 6.07) is 5.39. The highest BCUT2D eigenvalue weighted by atomic mass is 79.9. The van der Waals surface area contributed by atoms with Gasteiger partial charge in [0, 0.05) is 18.7 Å². The van der Waals surface area contributed by atoms with Gasteiger partial charge in [0.25, 0.3) is 5.91 Å². The van der Waals surface area contributed by atoms with Gasteiger partial charge in [0.15, 0.2) is 0 Å². The monoisotopic (exact) mass is 355 g/mol. The van der Waals surface area contributed by atoms with Gasteiger partial charge in [-0.15, -0.1) is 0 Å². The van der Waals surface area contributed by atoms with Crippen LogP contribution >= 0.6 is 15.9 Å². The number of amides is 1. The number of halogens is 1. The van der Waals surface area contributed by atoms with E-state index in [0.29, 0.717) is 24.4 Å². The van der Waals surface area contributed by atoms with Crippen LogP contribution in [-0.2, 0) is 4.74 Å². The molecule has 0 aromatic heterocycles. The maximum Gasteiger partial charge on any atom is 0.254 e. The fourth-order valence-corrected chi connectivity index (χ4v) is 3.45. The highest BCUT2D eigenvalue weighted by Crippen LogP contribution is 2.30. The van der Waals surface area contributed by atoms with Crippen LogP contribution in [0.2, 0.25) is 0 Å². The van der Waals surface area contributed by atoms with E-state index in [1.807, 2.05) is 32.6 Å². The van der Waals surface area contributed by atoms with Gasteiger partial charge >= 0.3 is 0 Å². The van der Waals surface area contributed by atoms with E-state index in [1.54, 1.807) is 25.3 Å². The molecule has 0 radical (unpaired) electrons. The summed E-state index contributed by atoms with van der Waals surface area (Å²) in [4.78, 5) is 14.6. The van der Waals surface area contributed by atoms with E-state index in [4.69, 9.17) is 9.47 Å². The summed E-state index contributed by atoms with van der Waals surface area (Å²) in [6.45, 7) is 9.21. The second-order valence-corrected chi connectivity index (χ2v) is 7.49. The Hall–Kier alpha value is -1.07. The van der Waals surface area contributed by atoms with Crippen molar-refractivity contribution in [3.63, 3.8) is 0 Å². The predicted molar refractivity (Wildman–Crippen MR) is 85.8 cm³/mol. The van der Waals surface area contributed by atoms with Crippen molar-refractivity contribution in [3.8, 4) is 5.75 Å². The van der Waals surface area contributed by atoms with Gasteiger partial charge in [0.2, 0.25) is 0 Å². The maximum absolute atomic E-state index is 12.7. The third-order valence-corrected chi connectivity index (χ3v) is 4.00. The Kier molecular flexibility index (Phi) is 4.36. The molecule has 1 aliphatic rings. The Labute approximate surface area is 134 Å². The molecule has 0 saturated carbocycles. The van der Waals surface area contributed by atoms with E-state index in [2.05, 4.69) is 15.9 Å². The fourth-order valence-electron chi connectivity index (χ4n) is 2.91. The van der Waals surface area contributed by atoms with Gasteiger partial charge in [-0.25, -0.2) is 0 Å². The summed E-state index contributed by atoms with van der Waals surface area (Å²) in [5.41, 5.74) is -0.0430. The largest absolute Gasteiger partial charge is 0.496 e. The molecule has 21 heavy (non-hydrogen) atoms. The molecule has 1 aliphatic heterocycles. The second-order valence-electron chi connectivity index (χ2n) is 6.63. The number of carbonyl (C=O) groups is 1. The first-order valence-corrected chi connectivity index (χ1v) is 7.76. The normalized spacial score (nSPS) is 20.2. The standard InChI is InChI=1S/C16H22BrNO3/c1-15(2)9-18(10-16(3,4)21-15)14(19)11-6-7-13(20-5)12(17)8-11/h6-8H,9-10H2,1-5H3. The zero-order chi connectivity index (χ0) is 15.8. The van der Waals surface area contributed by atoms with Crippen molar-refractivity contribution in [1.29, 1.82) is 0 Å². The zero-order valence-electron chi connectivity index (χ0n) is 13.2. The van der Waals surface area contributed by atoms with Crippen LogP contribution in [0, 0.1) is 0 Å². The number of carbonyl (C=O) groups excluding carboxylic acids is 1. The Morgan fingerprint density at radius 3 is 2.29 bits per heavy atom. The minimum atomic E-state index is -0.346. The molecule has 1 saturated heterocycles. The fraction of sp³-hybridized carbons (Fsp3) is 0.562. The van der Waals surface area contributed by atoms with Gasteiger partial charge in [-0.3, -0.25) is 4.79 Å². The van der Waals surface area contributed by atoms with Crippen LogP contribution in [-0.4, -0.2) is 42.2 Å². The van der Waals surface area contributed by atoms with Gasteiger partial charge < -0.3 is 14.4 Å². The van der Waals surface area contributed by atoms with Crippen molar-refractivity contribution in [3.05, 3.63) is 28.2 Å². The summed E-state index contributed by atoms with van der Waals surface area (Å²) < 4.78 is 12.0. The lowest BCUT2D eigenvalue weighted by Gasteiger charge is -2.47. The third-order valence-electron chi connectivity index (χ3n) is 3.38. The molecule has 1 amide bonds. The molecular formula is C16H22BrNO3. The molecule has 1 aromatic carbocycles. The minimum absolute atomic E-state index is 0.0165. The quantitative estimate of drug-likeness (QED) is 0.814. The molecule has 0 N–H and O–H groups in total. The van der Waals surface area contributed by atoms with Crippen LogP contribution in [0.25, 0.3) is 0 Å². The molecule has 4 nitrogen and oxygen atoms in total. The van der Waals surface area contributed by atoms with Crippen molar-refractivity contribution in [2.45, 2.75) is 38.9 Å². The van der Waals surface area contributed by atoms with Crippen molar-refractivity contribution in [1.82, 2.24) is 4.90 Å². The van der Waals surface area contributed by atoms with Crippen LogP contribution < -0.4 is 4.74 Å². The van der Waals surface area contributed by atoms with E-state index in [1.165, 1.54) is 0 Å². The number of morpholine rings is 1. The first kappa shape index (κ1) is 16.3. The van der Waals surface area contributed by atoms with Crippen LogP contribution in [0.4, 0.5) is 0 Å². The number of hydrogen-bond donors (Lipinski definition) is 0. The van der Waals surface area contributed by atoms with Crippen LogP contribution in [0.3, 0.4) is 0 Å². The van der Waals surface area contributed by atoms with E-state index in [9.17, 15) is 4.79 Å². The molecule has 0 unspecified atom stereocenters. The van der Waals surface area contributed by atoms with Crippen LogP contribution in [0.15, 0.2) is 22.7 Å². The lowest BCUT2D eigenvalue weighted by Crippen LogP contribution is -2.58. The van der Waals surface area contributed by atoms with Gasteiger partial charge in [0.1, 0.15) is 5.75 Å². The number of hydrogen-bond acceptors (Lipinski definition) is 3. The molecule has 0 spiro atoms. The summed E-state index contributed by atoms with van der Waals surface area (Å²) in [5, 5.41) is 0. The third kappa shape index (κ3) is 3.77. The van der Waals surface area contributed by atoms with Gasteiger partial charge in [-0.05, 0) is 61.8 Å². The van der Waals surface area contributed by atoms with Crippen LogP contribution in [0.1, 0.15) is 38.1 Å². The molecular weight excluding hydrogens is 334 g/mol. The lowest BCUT2D eigenvalue weighted by atomic mass is 9.98. The van der Waals surface area contributed by atoms with E-state index < -0.39 is 0 Å². The molecule has 1 heterocycles. The van der Waals surface area contributed by atoms with Crippen molar-refractivity contribution < 1.29 is 14.3 Å². The highest BCUT2D eigenvalue weighted by Gasteiger charge is 2.40. The Morgan fingerprint density at radius 1 is 1.24 bits per heavy atom. The number of benzene rings is 1. The van der Waals surface area contributed by atoms with Crippen molar-refractivity contribution in [2.24, 2.45) is 0 Å². The van der Waals surface area contributed by atoms with Crippen molar-refractivity contribution >= 4 is 21.8 Å². The van der Waals surface area contributed by atoms with E-state index >= 15 is 0 Å². The molecule has 0 atom stereocenters. The molecule has 5 heteroatoms. The first-order valence-electron chi connectivity index (χ1n) is 6.96. The maximum atomic E-state index is 12.7. The molecule has 1 aromatic rings. The number of methoxy groups -OCH3 is 1. The predicted octanol–water partition coefficient (Wildman–Crippen LogP) is 3.49. The summed E-state index contributed by atoms with van der Waals surface area (Å²) >= 11 is 3.42. The second kappa shape index (κ2) is 5.61. The summed E-state index contributed by atoms with van der Waals surface area (Å²) in [5.74, 6) is 0.733. The molecule has 1 fully saturated rings. The highest BCUT2D eigenvalue weighted by molar-refractivity contribution is 9.10. The number of rotatable bonds is 2. The Bertz CT molecular complexity index is 538. The van der Waals surface area contributed by atoms with E-state index in [-0.39, 0.29) is 17.1 Å². The average molecular weight is 356 g/mol. The molecule has 0 aliphatic carbocycles. The zero-order valence-corrected chi connectivity index (χ0v) is 14.8. The minimum Gasteiger partial charge on any atom is -0.496 e. The Morgan fingerprint density at radius 2 is 1.81 bits per heavy atom. The summed E-state index contributed by atoms with van der Waals surface area (Å²) in [7, 11) is 1.61. The number of nitrogens with zero attached hydrogens (tertiary/aromatic N) is 1. The van der Waals surface area contributed by atoms with Crippen molar-refractivity contribution in [2.75, 3.05) is 20.2 Å². The van der Waals surface area contributed by atoms with Gasteiger partial charge in [-0.1, -0.05) is 0 Å².